The molecule has 0 spiro atoms. The van der Waals surface area contributed by atoms with Gasteiger partial charge in [-0.25, -0.2) is 9.07 Å². The molecular formula is C18H15FN4O2S. The summed E-state index contributed by atoms with van der Waals surface area (Å²) in [4.78, 5) is 25.0. The number of fused-ring (bicyclic) bond motifs is 1. The average molecular weight is 370 g/mol. The van der Waals surface area contributed by atoms with Gasteiger partial charge in [-0.3, -0.25) is 20.4 Å². The molecule has 4 rings (SSSR count). The third-order valence-corrected chi connectivity index (χ3v) is 5.12. The molecular weight excluding hydrogens is 355 g/mol. The predicted octanol–water partition coefficient (Wildman–Crippen LogP) is 2.64. The molecule has 2 aromatic heterocycles. The minimum atomic E-state index is -0.464. The van der Waals surface area contributed by atoms with Gasteiger partial charge in [0.1, 0.15) is 5.82 Å². The van der Waals surface area contributed by atoms with Crippen molar-refractivity contribution in [2.45, 2.75) is 19.3 Å². The van der Waals surface area contributed by atoms with Crippen LogP contribution in [-0.2, 0) is 12.8 Å². The SMILES string of the molecule is O=C(NNC(=O)c1nn(-c2ccc(F)cc2)c2c1CCC2)c1cccs1. The molecule has 0 bridgehead atoms. The quantitative estimate of drug-likeness (QED) is 0.696. The van der Waals surface area contributed by atoms with Crippen LogP contribution in [-0.4, -0.2) is 21.6 Å². The van der Waals surface area contributed by atoms with Gasteiger partial charge in [0.2, 0.25) is 0 Å². The zero-order chi connectivity index (χ0) is 18.1. The molecule has 0 fully saturated rings. The van der Waals surface area contributed by atoms with Crippen molar-refractivity contribution >= 4 is 23.2 Å². The number of halogens is 1. The molecule has 2 heterocycles. The van der Waals surface area contributed by atoms with Crippen LogP contribution >= 0.6 is 11.3 Å². The number of amides is 2. The number of hydrogen-bond donors (Lipinski definition) is 2. The van der Waals surface area contributed by atoms with Crippen molar-refractivity contribution in [1.29, 1.82) is 0 Å². The van der Waals surface area contributed by atoms with Crippen molar-refractivity contribution in [3.63, 3.8) is 0 Å². The maximum atomic E-state index is 13.2. The summed E-state index contributed by atoms with van der Waals surface area (Å²) in [7, 11) is 0. The maximum Gasteiger partial charge on any atom is 0.290 e. The highest BCUT2D eigenvalue weighted by Gasteiger charge is 2.27. The van der Waals surface area contributed by atoms with Gasteiger partial charge >= 0.3 is 0 Å². The van der Waals surface area contributed by atoms with Crippen molar-refractivity contribution in [2.75, 3.05) is 0 Å². The van der Waals surface area contributed by atoms with Crippen molar-refractivity contribution in [3.05, 3.63) is 69.4 Å². The van der Waals surface area contributed by atoms with Crippen LogP contribution in [0.3, 0.4) is 0 Å². The van der Waals surface area contributed by atoms with Gasteiger partial charge < -0.3 is 0 Å². The third-order valence-electron chi connectivity index (χ3n) is 4.25. The molecule has 132 valence electrons. The Morgan fingerprint density at radius 3 is 2.58 bits per heavy atom. The van der Waals surface area contributed by atoms with Gasteiger partial charge in [0.15, 0.2) is 5.69 Å². The summed E-state index contributed by atoms with van der Waals surface area (Å²) in [5, 5.41) is 6.19. The van der Waals surface area contributed by atoms with Crippen LogP contribution in [0.4, 0.5) is 4.39 Å². The summed E-state index contributed by atoms with van der Waals surface area (Å²) in [6, 6.07) is 9.41. The highest BCUT2D eigenvalue weighted by atomic mass is 32.1. The zero-order valence-electron chi connectivity index (χ0n) is 13.7. The molecule has 0 saturated carbocycles. The molecule has 2 amide bonds. The van der Waals surface area contributed by atoms with Crippen LogP contribution in [0.5, 0.6) is 0 Å². The van der Waals surface area contributed by atoms with E-state index in [2.05, 4.69) is 16.0 Å². The lowest BCUT2D eigenvalue weighted by Gasteiger charge is -2.06. The molecule has 0 aliphatic heterocycles. The summed E-state index contributed by atoms with van der Waals surface area (Å²) in [6.07, 6.45) is 2.48. The van der Waals surface area contributed by atoms with Crippen molar-refractivity contribution in [2.24, 2.45) is 0 Å². The van der Waals surface area contributed by atoms with E-state index in [0.717, 1.165) is 30.5 Å². The maximum absolute atomic E-state index is 13.2. The van der Waals surface area contributed by atoms with E-state index < -0.39 is 5.91 Å². The van der Waals surface area contributed by atoms with Crippen molar-refractivity contribution in [3.8, 4) is 5.69 Å². The lowest BCUT2D eigenvalue weighted by Crippen LogP contribution is -2.41. The number of aromatic nitrogens is 2. The summed E-state index contributed by atoms with van der Waals surface area (Å²) in [5.74, 6) is -1.16. The Bertz CT molecular complexity index is 964. The summed E-state index contributed by atoms with van der Waals surface area (Å²) >= 11 is 1.29. The summed E-state index contributed by atoms with van der Waals surface area (Å²) < 4.78 is 14.8. The Labute approximate surface area is 152 Å². The lowest BCUT2D eigenvalue weighted by molar-refractivity contribution is 0.0845. The predicted molar refractivity (Wildman–Crippen MR) is 94.8 cm³/mol. The number of nitrogens with zero attached hydrogens (tertiary/aromatic N) is 2. The fraction of sp³-hybridized carbons (Fsp3) is 0.167. The van der Waals surface area contributed by atoms with Gasteiger partial charge in [0, 0.05) is 11.3 Å². The molecule has 8 heteroatoms. The zero-order valence-corrected chi connectivity index (χ0v) is 14.5. The van der Waals surface area contributed by atoms with Crippen molar-refractivity contribution < 1.29 is 14.0 Å². The Hall–Kier alpha value is -3.00. The van der Waals surface area contributed by atoms with Gasteiger partial charge in [-0.2, -0.15) is 5.10 Å². The van der Waals surface area contributed by atoms with Gasteiger partial charge in [-0.15, -0.1) is 11.3 Å². The number of hydrazine groups is 1. The Morgan fingerprint density at radius 1 is 1.08 bits per heavy atom. The van der Waals surface area contributed by atoms with Gasteiger partial charge in [0.05, 0.1) is 10.6 Å². The minimum absolute atomic E-state index is 0.285. The van der Waals surface area contributed by atoms with E-state index in [-0.39, 0.29) is 17.4 Å². The van der Waals surface area contributed by atoms with Gasteiger partial charge in [-0.1, -0.05) is 6.07 Å². The normalized spacial score (nSPS) is 12.7. The Balaban J connectivity index is 1.57. The molecule has 3 aromatic rings. The molecule has 0 atom stereocenters. The monoisotopic (exact) mass is 370 g/mol. The molecule has 0 unspecified atom stereocenters. The molecule has 0 saturated heterocycles. The number of benzene rings is 1. The summed E-state index contributed by atoms with van der Waals surface area (Å²) in [6.45, 7) is 0. The van der Waals surface area contributed by atoms with E-state index in [1.165, 1.54) is 23.5 Å². The highest BCUT2D eigenvalue weighted by molar-refractivity contribution is 7.12. The number of rotatable bonds is 3. The molecule has 26 heavy (non-hydrogen) atoms. The van der Waals surface area contributed by atoms with E-state index in [4.69, 9.17) is 0 Å². The first-order chi connectivity index (χ1) is 12.6. The van der Waals surface area contributed by atoms with Crippen molar-refractivity contribution in [1.82, 2.24) is 20.6 Å². The number of carbonyl (C=O) groups excluding carboxylic acids is 2. The first-order valence-corrected chi connectivity index (χ1v) is 9.02. The van der Waals surface area contributed by atoms with Gasteiger partial charge in [0.25, 0.3) is 11.8 Å². The van der Waals surface area contributed by atoms with Gasteiger partial charge in [-0.05, 0) is 55.0 Å². The largest absolute Gasteiger partial charge is 0.290 e. The molecule has 1 aromatic carbocycles. The fourth-order valence-electron chi connectivity index (χ4n) is 3.06. The van der Waals surface area contributed by atoms with Crippen LogP contribution in [0, 0.1) is 5.82 Å². The standard InChI is InChI=1S/C18H15FN4O2S/c19-11-6-8-12(9-7-11)23-14-4-1-3-13(14)16(22-23)18(25)21-20-17(24)15-5-2-10-26-15/h2,5-10H,1,3-4H2,(H,20,24)(H,21,25). The second-order valence-electron chi connectivity index (χ2n) is 5.90. The third kappa shape index (κ3) is 2.99. The minimum Gasteiger partial charge on any atom is -0.266 e. The first kappa shape index (κ1) is 16.5. The number of carbonyl (C=O) groups is 2. The van der Waals surface area contributed by atoms with Crippen LogP contribution < -0.4 is 10.9 Å². The topological polar surface area (TPSA) is 76.0 Å². The number of nitrogens with one attached hydrogen (secondary N) is 2. The molecule has 2 N–H and O–H groups in total. The fourth-order valence-corrected chi connectivity index (χ4v) is 3.68. The van der Waals surface area contributed by atoms with E-state index in [1.54, 1.807) is 34.3 Å². The number of thiophene rings is 1. The number of hydrogen-bond acceptors (Lipinski definition) is 4. The molecule has 1 aliphatic carbocycles. The van der Waals surface area contributed by atoms with Crippen LogP contribution in [0.2, 0.25) is 0 Å². The molecule has 6 nitrogen and oxygen atoms in total. The van der Waals surface area contributed by atoms with E-state index in [0.29, 0.717) is 10.6 Å². The van der Waals surface area contributed by atoms with E-state index in [9.17, 15) is 14.0 Å². The second kappa shape index (κ2) is 6.72. The molecule has 1 aliphatic rings. The van der Waals surface area contributed by atoms with Crippen LogP contribution in [0.25, 0.3) is 5.69 Å². The lowest BCUT2D eigenvalue weighted by atomic mass is 10.2. The van der Waals surface area contributed by atoms with E-state index in [1.807, 2.05) is 0 Å². The second-order valence-corrected chi connectivity index (χ2v) is 6.85. The van der Waals surface area contributed by atoms with Crippen LogP contribution in [0.1, 0.15) is 37.8 Å². The Kier molecular flexibility index (Phi) is 4.26. The summed E-state index contributed by atoms with van der Waals surface area (Å²) in [5.41, 5.74) is 7.64. The van der Waals surface area contributed by atoms with E-state index >= 15 is 0 Å². The average Bonchev–Trinajstić information content (AvgIpc) is 3.37. The first-order valence-electron chi connectivity index (χ1n) is 8.14. The smallest absolute Gasteiger partial charge is 0.266 e. The Morgan fingerprint density at radius 2 is 1.85 bits per heavy atom. The highest BCUT2D eigenvalue weighted by Crippen LogP contribution is 2.27. The van der Waals surface area contributed by atoms with Crippen LogP contribution in [0.15, 0.2) is 41.8 Å². The molecule has 0 radical (unpaired) electrons.